The Morgan fingerprint density at radius 3 is 2.62 bits per heavy atom. The van der Waals surface area contributed by atoms with Crippen LogP contribution in [0.5, 0.6) is 11.6 Å². The summed E-state index contributed by atoms with van der Waals surface area (Å²) >= 11 is 0. The summed E-state index contributed by atoms with van der Waals surface area (Å²) in [6.07, 6.45) is 6.78. The Morgan fingerprint density at radius 1 is 1.22 bits per heavy atom. The molecular formula is C25H24N4O3. The van der Waals surface area contributed by atoms with Gasteiger partial charge in [-0.05, 0) is 56.5 Å². The average molecular weight is 428 g/mol. The number of aryl methyl sites for hydroxylation is 2. The van der Waals surface area contributed by atoms with Crippen molar-refractivity contribution >= 4 is 17.6 Å². The molecule has 1 amide bonds. The highest BCUT2D eigenvalue weighted by atomic mass is 16.5. The van der Waals surface area contributed by atoms with Crippen LogP contribution in [0.15, 0.2) is 53.0 Å². The fourth-order valence-corrected chi connectivity index (χ4v) is 3.84. The van der Waals surface area contributed by atoms with Gasteiger partial charge in [0.05, 0.1) is 0 Å². The van der Waals surface area contributed by atoms with Crippen LogP contribution in [0, 0.1) is 25.2 Å². The molecule has 1 aliphatic rings. The largest absolute Gasteiger partial charge is 0.438 e. The molecule has 0 unspecified atom stereocenters. The lowest BCUT2D eigenvalue weighted by Gasteiger charge is -2.13. The van der Waals surface area contributed by atoms with Crippen LogP contribution in [0.2, 0.25) is 0 Å². The number of nitrogens with one attached hydrogen (secondary N) is 1. The smallest absolute Gasteiger partial charge is 0.269 e. The molecular weight excluding hydrogens is 404 g/mol. The lowest BCUT2D eigenvalue weighted by molar-refractivity contribution is -0.117. The lowest BCUT2D eigenvalue weighted by atomic mass is 10.1. The van der Waals surface area contributed by atoms with Crippen molar-refractivity contribution in [3.63, 3.8) is 0 Å². The molecule has 1 fully saturated rings. The number of hydrogen-bond donors (Lipinski definition) is 1. The van der Waals surface area contributed by atoms with Crippen LogP contribution in [0.4, 0.5) is 0 Å². The minimum absolute atomic E-state index is 0.0480. The van der Waals surface area contributed by atoms with Crippen LogP contribution in [0.3, 0.4) is 0 Å². The van der Waals surface area contributed by atoms with E-state index in [1.165, 1.54) is 10.5 Å². The van der Waals surface area contributed by atoms with Crippen LogP contribution in [-0.2, 0) is 4.79 Å². The van der Waals surface area contributed by atoms with E-state index >= 15 is 0 Å². The molecule has 0 spiro atoms. The maximum atomic E-state index is 13.3. The molecule has 0 atom stereocenters. The van der Waals surface area contributed by atoms with Crippen molar-refractivity contribution in [1.82, 2.24) is 14.7 Å². The number of amides is 1. The summed E-state index contributed by atoms with van der Waals surface area (Å²) < 4.78 is 7.35. The third-order valence-corrected chi connectivity index (χ3v) is 5.63. The molecule has 1 aliphatic carbocycles. The van der Waals surface area contributed by atoms with Crippen molar-refractivity contribution in [2.45, 2.75) is 45.6 Å². The van der Waals surface area contributed by atoms with Crippen molar-refractivity contribution in [2.24, 2.45) is 0 Å². The number of aromatic nitrogens is 2. The Bertz CT molecular complexity index is 1290. The highest BCUT2D eigenvalue weighted by molar-refractivity contribution is 6.02. The summed E-state index contributed by atoms with van der Waals surface area (Å²) in [6, 6.07) is 12.9. The molecule has 3 aromatic rings. The minimum atomic E-state index is -0.491. The fraction of sp³-hybridized carbons (Fsp3) is 0.280. The van der Waals surface area contributed by atoms with Crippen LogP contribution in [0.25, 0.3) is 11.7 Å². The second-order valence-corrected chi connectivity index (χ2v) is 8.06. The molecule has 1 N–H and O–H groups in total. The first-order valence-corrected chi connectivity index (χ1v) is 10.7. The van der Waals surface area contributed by atoms with E-state index in [-0.39, 0.29) is 23.1 Å². The molecule has 1 saturated carbocycles. The zero-order valence-electron chi connectivity index (χ0n) is 18.1. The zero-order chi connectivity index (χ0) is 22.7. The van der Waals surface area contributed by atoms with Crippen molar-refractivity contribution in [3.8, 4) is 17.7 Å². The van der Waals surface area contributed by atoms with Gasteiger partial charge in [-0.3, -0.25) is 14.0 Å². The van der Waals surface area contributed by atoms with Gasteiger partial charge in [-0.15, -0.1) is 0 Å². The van der Waals surface area contributed by atoms with E-state index in [0.29, 0.717) is 11.4 Å². The number of nitrogens with zero attached hydrogens (tertiary/aromatic N) is 3. The van der Waals surface area contributed by atoms with Gasteiger partial charge in [0.2, 0.25) is 5.88 Å². The van der Waals surface area contributed by atoms with Crippen LogP contribution in [-0.4, -0.2) is 21.3 Å². The quantitative estimate of drug-likeness (QED) is 0.488. The number of benzene rings is 1. The fourth-order valence-electron chi connectivity index (χ4n) is 3.84. The standard InChI is InChI=1S/C25H24N4O3/c1-16-9-11-20(12-10-16)32-24-21(25(31)29-13-5-6-17(2)22(29)28-24)14-18(15-26)23(30)27-19-7-3-4-8-19/h5-6,9-14,19H,3-4,7-8H2,1-2H3,(H,27,30). The Kier molecular flexibility index (Phi) is 6.04. The van der Waals surface area contributed by atoms with E-state index in [2.05, 4.69) is 10.3 Å². The van der Waals surface area contributed by atoms with Crippen molar-refractivity contribution < 1.29 is 9.53 Å². The molecule has 0 radical (unpaired) electrons. The van der Waals surface area contributed by atoms with E-state index in [4.69, 9.17) is 4.74 Å². The normalized spacial score (nSPS) is 14.3. The summed E-state index contributed by atoms with van der Waals surface area (Å²) in [5.74, 6) is 0.0630. The molecule has 0 aliphatic heterocycles. The predicted molar refractivity (Wildman–Crippen MR) is 121 cm³/mol. The maximum absolute atomic E-state index is 13.3. The predicted octanol–water partition coefficient (Wildman–Crippen LogP) is 4.07. The van der Waals surface area contributed by atoms with Gasteiger partial charge in [-0.25, -0.2) is 0 Å². The van der Waals surface area contributed by atoms with Crippen LogP contribution >= 0.6 is 0 Å². The van der Waals surface area contributed by atoms with Gasteiger partial charge in [0.25, 0.3) is 11.5 Å². The van der Waals surface area contributed by atoms with Gasteiger partial charge in [0.15, 0.2) is 0 Å². The second-order valence-electron chi connectivity index (χ2n) is 8.06. The monoisotopic (exact) mass is 428 g/mol. The van der Waals surface area contributed by atoms with Gasteiger partial charge in [0.1, 0.15) is 28.6 Å². The number of carbonyl (C=O) groups is 1. The second kappa shape index (κ2) is 9.06. The summed E-state index contributed by atoms with van der Waals surface area (Å²) in [4.78, 5) is 30.6. The van der Waals surface area contributed by atoms with E-state index in [0.717, 1.165) is 36.8 Å². The molecule has 4 rings (SSSR count). The summed E-state index contributed by atoms with van der Waals surface area (Å²) in [6.45, 7) is 3.81. The van der Waals surface area contributed by atoms with Crippen molar-refractivity contribution in [3.05, 3.63) is 75.2 Å². The number of carbonyl (C=O) groups excluding carboxylic acids is 1. The summed E-state index contributed by atoms with van der Waals surface area (Å²) in [5, 5.41) is 12.5. The molecule has 162 valence electrons. The third kappa shape index (κ3) is 4.40. The topological polar surface area (TPSA) is 96.5 Å². The van der Waals surface area contributed by atoms with Gasteiger partial charge < -0.3 is 10.1 Å². The molecule has 2 heterocycles. The molecule has 32 heavy (non-hydrogen) atoms. The van der Waals surface area contributed by atoms with E-state index in [1.807, 2.05) is 38.1 Å². The lowest BCUT2D eigenvalue weighted by Crippen LogP contribution is -2.33. The highest BCUT2D eigenvalue weighted by Gasteiger charge is 2.21. The molecule has 0 bridgehead atoms. The first-order valence-electron chi connectivity index (χ1n) is 10.7. The zero-order valence-corrected chi connectivity index (χ0v) is 18.1. The van der Waals surface area contributed by atoms with Crippen molar-refractivity contribution in [2.75, 3.05) is 0 Å². The van der Waals surface area contributed by atoms with Crippen LogP contribution < -0.4 is 15.6 Å². The Hall–Kier alpha value is -3.92. The highest BCUT2D eigenvalue weighted by Crippen LogP contribution is 2.25. The molecule has 2 aromatic heterocycles. The maximum Gasteiger partial charge on any atom is 0.269 e. The Balaban J connectivity index is 1.81. The third-order valence-electron chi connectivity index (χ3n) is 5.63. The molecule has 1 aromatic carbocycles. The molecule has 7 heteroatoms. The first-order chi connectivity index (χ1) is 15.5. The molecule has 7 nitrogen and oxygen atoms in total. The minimum Gasteiger partial charge on any atom is -0.438 e. The Labute approximate surface area is 186 Å². The number of rotatable bonds is 5. The number of fused-ring (bicyclic) bond motifs is 1. The van der Waals surface area contributed by atoms with Gasteiger partial charge in [0, 0.05) is 12.2 Å². The van der Waals surface area contributed by atoms with Gasteiger partial charge in [-0.1, -0.05) is 36.6 Å². The van der Waals surface area contributed by atoms with Gasteiger partial charge in [-0.2, -0.15) is 10.2 Å². The van der Waals surface area contributed by atoms with E-state index < -0.39 is 11.5 Å². The summed E-state index contributed by atoms with van der Waals surface area (Å²) in [5.41, 5.74) is 1.79. The average Bonchev–Trinajstić information content (AvgIpc) is 3.29. The van der Waals surface area contributed by atoms with E-state index in [1.54, 1.807) is 24.4 Å². The molecule has 0 saturated heterocycles. The number of hydrogen-bond acceptors (Lipinski definition) is 5. The SMILES string of the molecule is Cc1ccc(Oc2nc3c(C)cccn3c(=O)c2C=C(C#N)C(=O)NC2CCCC2)cc1. The number of ether oxygens (including phenoxy) is 1. The van der Waals surface area contributed by atoms with Gasteiger partial charge >= 0.3 is 0 Å². The summed E-state index contributed by atoms with van der Waals surface area (Å²) in [7, 11) is 0. The number of pyridine rings is 1. The first kappa shape index (κ1) is 21.3. The van der Waals surface area contributed by atoms with E-state index in [9.17, 15) is 14.9 Å². The number of nitriles is 1. The Morgan fingerprint density at radius 2 is 1.94 bits per heavy atom. The van der Waals surface area contributed by atoms with Crippen LogP contribution in [0.1, 0.15) is 42.4 Å². The van der Waals surface area contributed by atoms with Crippen molar-refractivity contribution in [1.29, 1.82) is 5.26 Å².